The largest absolute Gasteiger partial charge is 0.348 e. The van der Waals surface area contributed by atoms with Crippen molar-refractivity contribution in [3.63, 3.8) is 0 Å². The zero-order valence-corrected chi connectivity index (χ0v) is 9.49. The molecule has 2 rings (SSSR count). The van der Waals surface area contributed by atoms with Crippen molar-refractivity contribution in [1.29, 1.82) is 0 Å². The van der Waals surface area contributed by atoms with Crippen LogP contribution in [0.25, 0.3) is 0 Å². The maximum absolute atomic E-state index is 13.3. The van der Waals surface area contributed by atoms with Gasteiger partial charge in [0.2, 0.25) is 0 Å². The molecule has 0 radical (unpaired) electrons. The quantitative estimate of drug-likeness (QED) is 0.887. The van der Waals surface area contributed by atoms with Crippen LogP contribution in [0.3, 0.4) is 0 Å². The van der Waals surface area contributed by atoms with Crippen LogP contribution < -0.4 is 5.32 Å². The van der Waals surface area contributed by atoms with Crippen molar-refractivity contribution in [3.05, 3.63) is 71.3 Å². The van der Waals surface area contributed by atoms with Crippen LogP contribution >= 0.6 is 0 Å². The van der Waals surface area contributed by atoms with E-state index in [1.54, 1.807) is 30.3 Å². The highest BCUT2D eigenvalue weighted by Crippen LogP contribution is 2.09. The van der Waals surface area contributed by atoms with Crippen LogP contribution in [0.5, 0.6) is 0 Å². The van der Waals surface area contributed by atoms with Crippen molar-refractivity contribution >= 4 is 5.91 Å². The summed E-state index contributed by atoms with van der Waals surface area (Å²) in [5.41, 5.74) is 0.605. The predicted molar refractivity (Wildman–Crippen MR) is 64.0 cm³/mol. The van der Waals surface area contributed by atoms with Crippen molar-refractivity contribution in [3.8, 4) is 0 Å². The molecule has 0 fully saturated rings. The Morgan fingerprint density at radius 3 is 2.50 bits per heavy atom. The smallest absolute Gasteiger partial charge is 0.251 e. The lowest BCUT2D eigenvalue weighted by Crippen LogP contribution is -2.23. The zero-order chi connectivity index (χ0) is 13.0. The van der Waals surface area contributed by atoms with Gasteiger partial charge in [0.25, 0.3) is 5.91 Å². The normalized spacial score (nSPS) is 10.1. The lowest BCUT2D eigenvalue weighted by atomic mass is 10.2. The second-order valence-corrected chi connectivity index (χ2v) is 3.78. The van der Waals surface area contributed by atoms with Gasteiger partial charge in [-0.3, -0.25) is 4.79 Å². The number of benzene rings is 2. The molecule has 0 saturated heterocycles. The molecular weight excluding hydrogens is 236 g/mol. The van der Waals surface area contributed by atoms with Crippen LogP contribution in [-0.2, 0) is 6.54 Å². The molecule has 1 N–H and O–H groups in total. The fourth-order valence-corrected chi connectivity index (χ4v) is 1.55. The number of carbonyl (C=O) groups is 1. The molecule has 2 aromatic carbocycles. The molecule has 2 nitrogen and oxygen atoms in total. The third kappa shape index (κ3) is 2.91. The minimum absolute atomic E-state index is 0.0443. The first-order valence-corrected chi connectivity index (χ1v) is 5.44. The average molecular weight is 247 g/mol. The average Bonchev–Trinajstić information content (AvgIpc) is 2.40. The Balaban J connectivity index is 2.04. The number of nitrogens with one attached hydrogen (secondary N) is 1. The summed E-state index contributed by atoms with van der Waals surface area (Å²) in [6, 6.07) is 11.7. The number of rotatable bonds is 3. The predicted octanol–water partition coefficient (Wildman–Crippen LogP) is 2.89. The van der Waals surface area contributed by atoms with E-state index in [1.807, 2.05) is 0 Å². The van der Waals surface area contributed by atoms with Gasteiger partial charge < -0.3 is 5.32 Å². The van der Waals surface area contributed by atoms with Crippen molar-refractivity contribution in [1.82, 2.24) is 5.32 Å². The first-order chi connectivity index (χ1) is 8.66. The van der Waals surface area contributed by atoms with Gasteiger partial charge in [-0.1, -0.05) is 18.2 Å². The van der Waals surface area contributed by atoms with Crippen LogP contribution in [0.4, 0.5) is 8.78 Å². The first kappa shape index (κ1) is 12.2. The van der Waals surface area contributed by atoms with Crippen molar-refractivity contribution in [2.24, 2.45) is 0 Å². The van der Waals surface area contributed by atoms with Gasteiger partial charge in [0.1, 0.15) is 11.6 Å². The van der Waals surface area contributed by atoms with E-state index in [4.69, 9.17) is 0 Å². The standard InChI is InChI=1S/C14H11F2NO/c15-12-6-7-13(16)11(8-12)9-17-14(18)10-4-2-1-3-5-10/h1-8H,9H2,(H,17,18). The molecule has 0 aliphatic rings. The summed E-state index contributed by atoms with van der Waals surface area (Å²) in [5.74, 6) is -1.38. The summed E-state index contributed by atoms with van der Waals surface area (Å²) in [6.45, 7) is -0.0443. The summed E-state index contributed by atoms with van der Waals surface area (Å²) in [6.07, 6.45) is 0. The molecule has 0 bridgehead atoms. The molecule has 0 heterocycles. The minimum atomic E-state index is -0.537. The molecule has 4 heteroatoms. The van der Waals surface area contributed by atoms with Gasteiger partial charge >= 0.3 is 0 Å². The van der Waals surface area contributed by atoms with E-state index in [0.29, 0.717) is 5.56 Å². The molecule has 92 valence electrons. The van der Waals surface area contributed by atoms with E-state index in [2.05, 4.69) is 5.32 Å². The van der Waals surface area contributed by atoms with E-state index in [-0.39, 0.29) is 18.0 Å². The van der Waals surface area contributed by atoms with E-state index >= 15 is 0 Å². The van der Waals surface area contributed by atoms with Crippen LogP contribution in [0.2, 0.25) is 0 Å². The third-order valence-electron chi connectivity index (χ3n) is 2.48. The molecule has 0 unspecified atom stereocenters. The Kier molecular flexibility index (Phi) is 3.67. The lowest BCUT2D eigenvalue weighted by Gasteiger charge is -2.06. The van der Waals surface area contributed by atoms with Gasteiger partial charge in [-0.2, -0.15) is 0 Å². The third-order valence-corrected chi connectivity index (χ3v) is 2.48. The summed E-state index contributed by atoms with van der Waals surface area (Å²) in [7, 11) is 0. The molecule has 2 aromatic rings. The number of halogens is 2. The van der Waals surface area contributed by atoms with Crippen molar-refractivity contribution in [2.75, 3.05) is 0 Å². The van der Waals surface area contributed by atoms with Crippen molar-refractivity contribution < 1.29 is 13.6 Å². The van der Waals surface area contributed by atoms with Crippen LogP contribution in [0, 0.1) is 11.6 Å². The molecule has 0 spiro atoms. The Morgan fingerprint density at radius 1 is 1.06 bits per heavy atom. The number of hydrogen-bond acceptors (Lipinski definition) is 1. The minimum Gasteiger partial charge on any atom is -0.348 e. The van der Waals surface area contributed by atoms with Crippen molar-refractivity contribution in [2.45, 2.75) is 6.54 Å². The fourth-order valence-electron chi connectivity index (χ4n) is 1.55. The maximum Gasteiger partial charge on any atom is 0.251 e. The van der Waals surface area contributed by atoms with E-state index in [9.17, 15) is 13.6 Å². The van der Waals surface area contributed by atoms with Gasteiger partial charge in [-0.15, -0.1) is 0 Å². The fraction of sp³-hybridized carbons (Fsp3) is 0.0714. The highest BCUT2D eigenvalue weighted by atomic mass is 19.1. The van der Waals surface area contributed by atoms with Gasteiger partial charge in [-0.25, -0.2) is 8.78 Å². The molecule has 0 atom stereocenters. The second kappa shape index (κ2) is 5.40. The number of carbonyl (C=O) groups excluding carboxylic acids is 1. The molecule has 0 aromatic heterocycles. The summed E-state index contributed by atoms with van der Waals surface area (Å²) in [5, 5.41) is 2.54. The van der Waals surface area contributed by atoms with Gasteiger partial charge in [0, 0.05) is 17.7 Å². The monoisotopic (exact) mass is 247 g/mol. The lowest BCUT2D eigenvalue weighted by molar-refractivity contribution is 0.0950. The van der Waals surface area contributed by atoms with E-state index in [0.717, 1.165) is 18.2 Å². The highest BCUT2D eigenvalue weighted by Gasteiger charge is 2.07. The second-order valence-electron chi connectivity index (χ2n) is 3.78. The van der Waals surface area contributed by atoms with Crippen LogP contribution in [-0.4, -0.2) is 5.91 Å². The Bertz CT molecular complexity index is 555. The van der Waals surface area contributed by atoms with Crippen LogP contribution in [0.1, 0.15) is 15.9 Å². The Labute approximate surface area is 103 Å². The summed E-state index contributed by atoms with van der Waals surface area (Å²) < 4.78 is 26.2. The molecule has 0 aliphatic heterocycles. The molecule has 0 saturated carbocycles. The molecule has 18 heavy (non-hydrogen) atoms. The SMILES string of the molecule is O=C(NCc1cc(F)ccc1F)c1ccccc1. The topological polar surface area (TPSA) is 29.1 Å². The molecular formula is C14H11F2NO. The van der Waals surface area contributed by atoms with Gasteiger partial charge in [0.05, 0.1) is 0 Å². The van der Waals surface area contributed by atoms with Gasteiger partial charge in [0.15, 0.2) is 0 Å². The zero-order valence-electron chi connectivity index (χ0n) is 9.49. The maximum atomic E-state index is 13.3. The number of amides is 1. The van der Waals surface area contributed by atoms with Gasteiger partial charge in [-0.05, 0) is 30.3 Å². The Morgan fingerprint density at radius 2 is 1.78 bits per heavy atom. The van der Waals surface area contributed by atoms with E-state index in [1.165, 1.54) is 0 Å². The number of hydrogen-bond donors (Lipinski definition) is 1. The first-order valence-electron chi connectivity index (χ1n) is 5.44. The Hall–Kier alpha value is -2.23. The summed E-state index contributed by atoms with van der Waals surface area (Å²) >= 11 is 0. The molecule has 1 amide bonds. The summed E-state index contributed by atoms with van der Waals surface area (Å²) in [4.78, 5) is 11.7. The van der Waals surface area contributed by atoms with E-state index < -0.39 is 11.6 Å². The highest BCUT2D eigenvalue weighted by molar-refractivity contribution is 5.94. The van der Waals surface area contributed by atoms with Crippen LogP contribution in [0.15, 0.2) is 48.5 Å². The molecule has 0 aliphatic carbocycles.